The first-order chi connectivity index (χ1) is 17.7. The molecule has 3 aliphatic rings. The number of fused-ring (bicyclic) bond motifs is 3. The number of carbonyl (C=O) groups excluding carboxylic acids is 2. The number of nitrogens with two attached hydrogens (primary N) is 1. The molecule has 6 N–H and O–H groups in total. The van der Waals surface area contributed by atoms with E-state index in [2.05, 4.69) is 11.8 Å². The first kappa shape index (κ1) is 27.5. The molecule has 0 bridgehead atoms. The summed E-state index contributed by atoms with van der Waals surface area (Å²) in [4.78, 5) is 31.5. The molecule has 0 fully saturated rings. The number of primary amides is 1. The first-order valence-corrected chi connectivity index (χ1v) is 12.5. The summed E-state index contributed by atoms with van der Waals surface area (Å²) >= 11 is 0. The predicted octanol–water partition coefficient (Wildman–Crippen LogP) is 0.921. The zero-order valence-corrected chi connectivity index (χ0v) is 22.7. The molecule has 0 aliphatic heterocycles. The summed E-state index contributed by atoms with van der Waals surface area (Å²) in [5.74, 6) is 2.21. The number of allylic oxidation sites excluding steroid dienone is 1. The van der Waals surface area contributed by atoms with Crippen LogP contribution in [-0.2, 0) is 11.2 Å². The van der Waals surface area contributed by atoms with Gasteiger partial charge in [0.15, 0.2) is 5.78 Å². The molecule has 1 aromatic carbocycles. The van der Waals surface area contributed by atoms with Gasteiger partial charge in [-0.3, -0.25) is 19.4 Å². The van der Waals surface area contributed by atoms with Crippen molar-refractivity contribution >= 4 is 17.4 Å². The molecule has 1 amide bonds. The van der Waals surface area contributed by atoms with Crippen molar-refractivity contribution in [1.82, 2.24) is 9.80 Å². The van der Waals surface area contributed by atoms with E-state index in [9.17, 15) is 30.0 Å². The normalized spacial score (nSPS) is 26.6. The Morgan fingerprint density at radius 3 is 2.37 bits per heavy atom. The van der Waals surface area contributed by atoms with Gasteiger partial charge in [0.25, 0.3) is 0 Å². The number of carbonyl (C=O) groups is 2. The molecular weight excluding hydrogens is 488 g/mol. The number of rotatable bonds is 4. The van der Waals surface area contributed by atoms with Crippen LogP contribution in [0.25, 0.3) is 0 Å². The van der Waals surface area contributed by atoms with E-state index in [0.29, 0.717) is 24.1 Å². The third-order valence-electron chi connectivity index (χ3n) is 7.90. The fourth-order valence-electron chi connectivity index (χ4n) is 6.17. The van der Waals surface area contributed by atoms with Gasteiger partial charge in [0.05, 0.1) is 29.3 Å². The second-order valence-electron chi connectivity index (χ2n) is 11.2. The highest BCUT2D eigenvalue weighted by Crippen LogP contribution is 2.54. The number of aromatic hydroxyl groups is 1. The molecule has 0 spiro atoms. The zero-order valence-electron chi connectivity index (χ0n) is 22.7. The number of aliphatic hydroxyl groups is 3. The Bertz CT molecular complexity index is 1330. The molecule has 4 atom stereocenters. The fraction of sp³-hybridized carbons (Fsp3) is 0.500. The topological polar surface area (TPSA) is 151 Å². The van der Waals surface area contributed by atoms with Crippen molar-refractivity contribution in [2.75, 3.05) is 53.7 Å². The van der Waals surface area contributed by atoms with Gasteiger partial charge >= 0.3 is 0 Å². The number of benzene rings is 1. The van der Waals surface area contributed by atoms with Crippen molar-refractivity contribution in [2.45, 2.75) is 30.9 Å². The van der Waals surface area contributed by atoms with Crippen molar-refractivity contribution in [2.24, 2.45) is 17.6 Å². The lowest BCUT2D eigenvalue weighted by Crippen LogP contribution is -2.59. The quantitative estimate of drug-likeness (QED) is 0.362. The lowest BCUT2D eigenvalue weighted by molar-refractivity contribution is -0.118. The Hall–Kier alpha value is -3.52. The third kappa shape index (κ3) is 4.21. The first-order valence-electron chi connectivity index (χ1n) is 12.5. The Balaban J connectivity index is 1.91. The van der Waals surface area contributed by atoms with Crippen LogP contribution in [0.1, 0.15) is 34.3 Å². The van der Waals surface area contributed by atoms with Crippen LogP contribution in [0.15, 0.2) is 28.7 Å². The number of hydrogen-bond acceptors (Lipinski definition) is 9. The van der Waals surface area contributed by atoms with E-state index in [-0.39, 0.29) is 34.6 Å². The molecule has 4 unspecified atom stereocenters. The lowest BCUT2D eigenvalue weighted by atomic mass is 9.59. The summed E-state index contributed by atoms with van der Waals surface area (Å²) in [5.41, 5.74) is 5.05. The van der Waals surface area contributed by atoms with Crippen LogP contribution in [-0.4, -0.2) is 102 Å². The van der Waals surface area contributed by atoms with Crippen molar-refractivity contribution in [1.29, 1.82) is 0 Å². The van der Waals surface area contributed by atoms with Crippen LogP contribution >= 0.6 is 0 Å². The van der Waals surface area contributed by atoms with Crippen molar-refractivity contribution in [3.8, 4) is 17.6 Å². The fourth-order valence-corrected chi connectivity index (χ4v) is 6.17. The number of phenolic OH excluding ortho intramolecular Hbond substituents is 1. The predicted molar refractivity (Wildman–Crippen MR) is 143 cm³/mol. The lowest BCUT2D eigenvalue weighted by Gasteiger charge is -2.51. The SMILES string of the molecule is CN(C)CC#Cc1cc(N(C)C)c2c(c1O)C(=O)C1=C(O)C3(O)CC(C(N)=O)=C(O)C(N(C)C)C3CC1C2. The molecule has 0 heterocycles. The smallest absolute Gasteiger partial charge is 0.248 e. The summed E-state index contributed by atoms with van der Waals surface area (Å²) in [7, 11) is 10.8. The van der Waals surface area contributed by atoms with Crippen LogP contribution in [0, 0.1) is 23.7 Å². The standard InChI is InChI=1S/C28H36N4O6/c1-30(2)9-7-8-14-12-19(31(3)4)16-10-15-11-18-22(32(5)6)24(34)17(27(29)37)13-28(18,38)26(36)20(15)25(35)21(16)23(14)33/h12,15,18,22,33-34,36,38H,9-11,13H2,1-6H3,(H2,29,37). The van der Waals surface area contributed by atoms with Crippen LogP contribution in [0.2, 0.25) is 0 Å². The van der Waals surface area contributed by atoms with E-state index in [4.69, 9.17) is 5.73 Å². The average molecular weight is 525 g/mol. The number of Topliss-reactive ketones (excluding diaryl/α,β-unsaturated/α-hetero) is 1. The number of ketones is 1. The summed E-state index contributed by atoms with van der Waals surface area (Å²) in [5, 5.41) is 45.4. The van der Waals surface area contributed by atoms with Gasteiger partial charge in [0.1, 0.15) is 22.9 Å². The molecular formula is C28H36N4O6. The summed E-state index contributed by atoms with van der Waals surface area (Å²) in [6.45, 7) is 0.458. The number of amides is 1. The molecule has 204 valence electrons. The van der Waals surface area contributed by atoms with E-state index >= 15 is 0 Å². The molecule has 10 heteroatoms. The second-order valence-corrected chi connectivity index (χ2v) is 11.2. The van der Waals surface area contributed by atoms with Crippen molar-refractivity contribution < 1.29 is 30.0 Å². The monoisotopic (exact) mass is 524 g/mol. The van der Waals surface area contributed by atoms with Crippen LogP contribution in [0.5, 0.6) is 5.75 Å². The highest BCUT2D eigenvalue weighted by molar-refractivity contribution is 6.14. The van der Waals surface area contributed by atoms with E-state index < -0.39 is 47.3 Å². The molecule has 1 aromatic rings. The molecule has 0 saturated heterocycles. The highest BCUT2D eigenvalue weighted by atomic mass is 16.3. The molecule has 3 aliphatic carbocycles. The minimum absolute atomic E-state index is 0.0115. The second kappa shape index (κ2) is 9.66. The number of phenols is 1. The zero-order chi connectivity index (χ0) is 28.3. The van der Waals surface area contributed by atoms with E-state index in [0.717, 1.165) is 5.69 Å². The van der Waals surface area contributed by atoms with Crippen LogP contribution in [0.3, 0.4) is 0 Å². The van der Waals surface area contributed by atoms with Crippen molar-refractivity contribution in [3.63, 3.8) is 0 Å². The number of anilines is 1. The largest absolute Gasteiger partial charge is 0.510 e. The molecule has 0 radical (unpaired) electrons. The van der Waals surface area contributed by atoms with Crippen LogP contribution < -0.4 is 10.6 Å². The Morgan fingerprint density at radius 2 is 1.82 bits per heavy atom. The number of likely N-dealkylation sites (N-methyl/N-ethyl adjacent to an activating group) is 1. The number of aliphatic hydroxyl groups excluding tert-OH is 2. The highest BCUT2D eigenvalue weighted by Gasteiger charge is 2.58. The van der Waals surface area contributed by atoms with E-state index in [1.54, 1.807) is 25.1 Å². The summed E-state index contributed by atoms with van der Waals surface area (Å²) in [6, 6.07) is 0.960. The number of nitrogens with zero attached hydrogens (tertiary/aromatic N) is 3. The van der Waals surface area contributed by atoms with Gasteiger partial charge in [-0.05, 0) is 58.6 Å². The van der Waals surface area contributed by atoms with Gasteiger partial charge in [-0.25, -0.2) is 0 Å². The Labute approximate surface area is 222 Å². The van der Waals surface area contributed by atoms with Gasteiger partial charge in [0.2, 0.25) is 5.91 Å². The maximum Gasteiger partial charge on any atom is 0.248 e. The minimum Gasteiger partial charge on any atom is -0.510 e. The molecule has 0 aromatic heterocycles. The maximum atomic E-state index is 14.0. The number of hydrogen-bond donors (Lipinski definition) is 5. The third-order valence-corrected chi connectivity index (χ3v) is 7.90. The average Bonchev–Trinajstić information content (AvgIpc) is 2.80. The molecule has 38 heavy (non-hydrogen) atoms. The maximum absolute atomic E-state index is 14.0. The Morgan fingerprint density at radius 1 is 1.16 bits per heavy atom. The van der Waals surface area contributed by atoms with Gasteiger partial charge in [-0.15, -0.1) is 0 Å². The minimum atomic E-state index is -1.99. The van der Waals surface area contributed by atoms with Gasteiger partial charge in [0, 0.05) is 37.7 Å². The van der Waals surface area contributed by atoms with Gasteiger partial charge in [-0.2, -0.15) is 0 Å². The van der Waals surface area contributed by atoms with E-state index in [1.807, 2.05) is 38.0 Å². The van der Waals surface area contributed by atoms with Gasteiger partial charge in [-0.1, -0.05) is 11.8 Å². The molecule has 4 rings (SSSR count). The summed E-state index contributed by atoms with van der Waals surface area (Å²) < 4.78 is 0. The van der Waals surface area contributed by atoms with E-state index in [1.165, 1.54) is 0 Å². The van der Waals surface area contributed by atoms with Crippen molar-refractivity contribution in [3.05, 3.63) is 45.4 Å². The molecule has 10 nitrogen and oxygen atoms in total. The van der Waals surface area contributed by atoms with Crippen LogP contribution in [0.4, 0.5) is 5.69 Å². The van der Waals surface area contributed by atoms with Gasteiger partial charge < -0.3 is 31.1 Å². The molecule has 0 saturated carbocycles. The summed E-state index contributed by atoms with van der Waals surface area (Å²) in [6.07, 6.45) is 0.168. The Kier molecular flexibility index (Phi) is 6.99.